The van der Waals surface area contributed by atoms with Crippen LogP contribution in [0.3, 0.4) is 0 Å². The van der Waals surface area contributed by atoms with Crippen LogP contribution >= 0.6 is 0 Å². The molecular formula is C20H20FN3O3. The Hall–Kier alpha value is -3.19. The topological polar surface area (TPSA) is 108 Å². The highest BCUT2D eigenvalue weighted by atomic mass is 19.1. The molecule has 0 aliphatic carbocycles. The lowest BCUT2D eigenvalue weighted by atomic mass is 10.0. The normalized spacial score (nSPS) is 13.3. The monoisotopic (exact) mass is 369 g/mol. The molecule has 5 N–H and O–H groups in total. The predicted octanol–water partition coefficient (Wildman–Crippen LogP) is 1.99. The van der Waals surface area contributed by atoms with Crippen LogP contribution < -0.4 is 11.1 Å². The van der Waals surface area contributed by atoms with E-state index in [0.717, 1.165) is 16.5 Å². The van der Waals surface area contributed by atoms with Crippen LogP contribution in [-0.4, -0.2) is 34.1 Å². The first-order chi connectivity index (χ1) is 13.0. The fraction of sp³-hybridized carbons (Fsp3) is 0.200. The zero-order chi connectivity index (χ0) is 19.4. The van der Waals surface area contributed by atoms with Crippen molar-refractivity contribution in [2.75, 3.05) is 0 Å². The lowest BCUT2D eigenvalue weighted by Gasteiger charge is -2.18. The van der Waals surface area contributed by atoms with E-state index >= 15 is 0 Å². The van der Waals surface area contributed by atoms with Crippen molar-refractivity contribution in [3.8, 4) is 0 Å². The number of para-hydroxylation sites is 1. The van der Waals surface area contributed by atoms with Crippen LogP contribution in [-0.2, 0) is 22.4 Å². The summed E-state index contributed by atoms with van der Waals surface area (Å²) in [4.78, 5) is 27.0. The molecule has 0 radical (unpaired) electrons. The van der Waals surface area contributed by atoms with Gasteiger partial charge in [-0.2, -0.15) is 0 Å². The minimum absolute atomic E-state index is 0.159. The zero-order valence-corrected chi connectivity index (χ0v) is 14.5. The molecule has 3 aromatic rings. The molecule has 2 atom stereocenters. The molecule has 3 rings (SSSR count). The highest BCUT2D eigenvalue weighted by molar-refractivity contribution is 5.88. The van der Waals surface area contributed by atoms with Gasteiger partial charge in [-0.15, -0.1) is 0 Å². The second-order valence-electron chi connectivity index (χ2n) is 6.37. The minimum atomic E-state index is -1.26. The van der Waals surface area contributed by atoms with Crippen molar-refractivity contribution in [2.45, 2.75) is 24.9 Å². The van der Waals surface area contributed by atoms with E-state index in [9.17, 15) is 19.1 Å². The number of aromatic nitrogens is 1. The average molecular weight is 369 g/mol. The second-order valence-corrected chi connectivity index (χ2v) is 6.37. The zero-order valence-electron chi connectivity index (χ0n) is 14.5. The molecular weight excluding hydrogens is 349 g/mol. The highest BCUT2D eigenvalue weighted by Crippen LogP contribution is 2.19. The fourth-order valence-corrected chi connectivity index (χ4v) is 2.99. The maximum atomic E-state index is 13.8. The number of amides is 1. The van der Waals surface area contributed by atoms with Crippen LogP contribution in [0.2, 0.25) is 0 Å². The number of hydrogen-bond acceptors (Lipinski definition) is 3. The number of carboxylic acid groups (broad SMARTS) is 1. The Balaban J connectivity index is 1.68. The van der Waals surface area contributed by atoms with Crippen LogP contribution in [0.25, 0.3) is 10.9 Å². The molecule has 0 aliphatic heterocycles. The summed E-state index contributed by atoms with van der Waals surface area (Å²) in [5, 5.41) is 12.7. The highest BCUT2D eigenvalue weighted by Gasteiger charge is 2.25. The summed E-state index contributed by atoms with van der Waals surface area (Å²) in [6.45, 7) is 0. The van der Waals surface area contributed by atoms with Gasteiger partial charge in [-0.25, -0.2) is 9.18 Å². The molecule has 0 aliphatic rings. The lowest BCUT2D eigenvalue weighted by molar-refractivity contribution is -0.142. The third-order valence-corrected chi connectivity index (χ3v) is 4.45. The van der Waals surface area contributed by atoms with E-state index in [4.69, 9.17) is 5.73 Å². The number of halogens is 1. The van der Waals surface area contributed by atoms with Crippen molar-refractivity contribution in [3.63, 3.8) is 0 Å². The molecule has 1 aromatic heterocycles. The summed E-state index contributed by atoms with van der Waals surface area (Å²) >= 11 is 0. The number of aromatic amines is 1. The third kappa shape index (κ3) is 4.32. The molecule has 2 aromatic carbocycles. The maximum absolute atomic E-state index is 13.8. The molecule has 6 nitrogen and oxygen atoms in total. The van der Waals surface area contributed by atoms with Gasteiger partial charge in [0.25, 0.3) is 0 Å². The standard InChI is InChI=1S/C20H20FN3O3/c21-15-7-3-1-5-12(15)10-18(20(26)27)24-19(25)16(22)9-13-11-23-17-8-4-2-6-14(13)17/h1-8,11,16,18,23H,9-10,22H2,(H,24,25)(H,26,27)/t16?,18-/m0/s1. The van der Waals surface area contributed by atoms with Gasteiger partial charge >= 0.3 is 5.97 Å². The molecule has 7 heteroatoms. The first-order valence-electron chi connectivity index (χ1n) is 8.53. The number of nitrogens with one attached hydrogen (secondary N) is 2. The van der Waals surface area contributed by atoms with Crippen molar-refractivity contribution in [1.82, 2.24) is 10.3 Å². The van der Waals surface area contributed by atoms with Gasteiger partial charge < -0.3 is 21.1 Å². The summed E-state index contributed by atoms with van der Waals surface area (Å²) in [7, 11) is 0. The molecule has 0 fully saturated rings. The lowest BCUT2D eigenvalue weighted by Crippen LogP contribution is -2.50. The Labute approximate surface area is 155 Å². The van der Waals surface area contributed by atoms with Gasteiger partial charge in [0.15, 0.2) is 0 Å². The fourth-order valence-electron chi connectivity index (χ4n) is 2.99. The van der Waals surface area contributed by atoms with Crippen LogP contribution in [0.5, 0.6) is 0 Å². The number of hydrogen-bond donors (Lipinski definition) is 4. The Bertz CT molecular complexity index is 970. The molecule has 1 unspecified atom stereocenters. The Morgan fingerprint density at radius 1 is 1.07 bits per heavy atom. The van der Waals surface area contributed by atoms with Gasteiger partial charge in [0.1, 0.15) is 11.9 Å². The van der Waals surface area contributed by atoms with E-state index in [0.29, 0.717) is 0 Å². The van der Waals surface area contributed by atoms with Crippen LogP contribution in [0.4, 0.5) is 4.39 Å². The number of rotatable bonds is 7. The SMILES string of the molecule is NC(Cc1c[nH]c2ccccc12)C(=O)N[C@@H](Cc1ccccc1F)C(=O)O. The van der Waals surface area contributed by atoms with Gasteiger partial charge in [0, 0.05) is 23.5 Å². The van der Waals surface area contributed by atoms with Crippen molar-refractivity contribution in [1.29, 1.82) is 0 Å². The second kappa shape index (κ2) is 8.01. The van der Waals surface area contributed by atoms with Crippen molar-refractivity contribution < 1.29 is 19.1 Å². The van der Waals surface area contributed by atoms with E-state index < -0.39 is 29.8 Å². The Kier molecular flexibility index (Phi) is 5.52. The van der Waals surface area contributed by atoms with Crippen molar-refractivity contribution in [3.05, 3.63) is 71.7 Å². The van der Waals surface area contributed by atoms with Gasteiger partial charge in [-0.3, -0.25) is 4.79 Å². The molecule has 1 amide bonds. The van der Waals surface area contributed by atoms with Gasteiger partial charge in [-0.1, -0.05) is 36.4 Å². The van der Waals surface area contributed by atoms with Crippen molar-refractivity contribution >= 4 is 22.8 Å². The Morgan fingerprint density at radius 2 is 1.78 bits per heavy atom. The van der Waals surface area contributed by atoms with Crippen LogP contribution in [0, 0.1) is 5.82 Å². The number of carbonyl (C=O) groups is 2. The van der Waals surface area contributed by atoms with E-state index in [1.165, 1.54) is 18.2 Å². The number of fused-ring (bicyclic) bond motifs is 1. The number of nitrogens with two attached hydrogens (primary N) is 1. The number of carbonyl (C=O) groups excluding carboxylic acids is 1. The van der Waals surface area contributed by atoms with Crippen LogP contribution in [0.15, 0.2) is 54.7 Å². The molecule has 0 spiro atoms. The third-order valence-electron chi connectivity index (χ3n) is 4.45. The summed E-state index contributed by atoms with van der Waals surface area (Å²) in [5.41, 5.74) is 8.00. The van der Waals surface area contributed by atoms with Gasteiger partial charge in [-0.05, 0) is 29.7 Å². The summed E-state index contributed by atoms with van der Waals surface area (Å²) < 4.78 is 13.8. The number of H-pyrrole nitrogens is 1. The summed E-state index contributed by atoms with van der Waals surface area (Å²) in [6.07, 6.45) is 1.88. The molecule has 0 saturated carbocycles. The molecule has 1 heterocycles. The molecule has 140 valence electrons. The van der Waals surface area contributed by atoms with Gasteiger partial charge in [0.2, 0.25) is 5.91 Å². The molecule has 0 bridgehead atoms. The Morgan fingerprint density at radius 3 is 2.52 bits per heavy atom. The number of carboxylic acids is 1. The van der Waals surface area contributed by atoms with Crippen molar-refractivity contribution in [2.24, 2.45) is 5.73 Å². The van der Waals surface area contributed by atoms with Gasteiger partial charge in [0.05, 0.1) is 6.04 Å². The molecule has 0 saturated heterocycles. The molecule has 27 heavy (non-hydrogen) atoms. The number of benzene rings is 2. The summed E-state index contributed by atoms with van der Waals surface area (Å²) in [6, 6.07) is 11.3. The minimum Gasteiger partial charge on any atom is -0.480 e. The maximum Gasteiger partial charge on any atom is 0.326 e. The van der Waals surface area contributed by atoms with E-state index in [2.05, 4.69) is 10.3 Å². The summed E-state index contributed by atoms with van der Waals surface area (Å²) in [5.74, 6) is -2.35. The number of aliphatic carboxylic acids is 1. The van der Waals surface area contributed by atoms with Crippen LogP contribution in [0.1, 0.15) is 11.1 Å². The predicted molar refractivity (Wildman–Crippen MR) is 99.6 cm³/mol. The van der Waals surface area contributed by atoms with E-state index in [1.807, 2.05) is 24.3 Å². The first-order valence-corrected chi connectivity index (χ1v) is 8.53. The average Bonchev–Trinajstić information content (AvgIpc) is 3.05. The largest absolute Gasteiger partial charge is 0.480 e. The van der Waals surface area contributed by atoms with E-state index in [-0.39, 0.29) is 18.4 Å². The smallest absolute Gasteiger partial charge is 0.326 e. The first kappa shape index (κ1) is 18.6. The van der Waals surface area contributed by atoms with E-state index in [1.54, 1.807) is 12.3 Å². The quantitative estimate of drug-likeness (QED) is 0.511.